The fraction of sp³-hybridized carbons (Fsp3) is 0.818. The lowest BCUT2D eigenvalue weighted by atomic mass is 10.1. The third kappa shape index (κ3) is 4.28. The average molecular weight is 227 g/mol. The molecule has 1 aromatic heterocycles. The third-order valence-corrected chi connectivity index (χ3v) is 2.45. The summed E-state index contributed by atoms with van der Waals surface area (Å²) >= 11 is 0. The second kappa shape index (κ2) is 6.60. The summed E-state index contributed by atoms with van der Waals surface area (Å²) < 4.78 is 10.3. The molecule has 1 aromatic rings. The van der Waals surface area contributed by atoms with E-state index in [9.17, 15) is 0 Å². The van der Waals surface area contributed by atoms with Crippen LogP contribution in [0.2, 0.25) is 0 Å². The van der Waals surface area contributed by atoms with Crippen molar-refractivity contribution in [2.75, 3.05) is 13.7 Å². The quantitative estimate of drug-likeness (QED) is 0.757. The molecule has 0 saturated heterocycles. The van der Waals surface area contributed by atoms with Gasteiger partial charge in [0.1, 0.15) is 0 Å². The monoisotopic (exact) mass is 227 g/mol. The molecule has 5 heteroatoms. The van der Waals surface area contributed by atoms with Crippen LogP contribution in [0.1, 0.15) is 32.0 Å². The van der Waals surface area contributed by atoms with Crippen LogP contribution in [0, 0.1) is 5.92 Å². The zero-order chi connectivity index (χ0) is 12.0. The molecule has 0 aliphatic carbocycles. The number of aromatic nitrogens is 2. The molecule has 0 spiro atoms. The number of nitrogens with two attached hydrogens (primary N) is 1. The van der Waals surface area contributed by atoms with E-state index in [1.807, 2.05) is 0 Å². The molecule has 16 heavy (non-hydrogen) atoms. The van der Waals surface area contributed by atoms with Gasteiger partial charge in [0.05, 0.1) is 12.5 Å². The standard InChI is InChI=1S/C11H21N3O2/c1-8(2)4-5-10-13-11(16-14-10)6-9(7-12)15-3/h8-9H,4-7,12H2,1-3H3. The van der Waals surface area contributed by atoms with Crippen LogP contribution in [0.25, 0.3) is 0 Å². The highest BCUT2D eigenvalue weighted by Gasteiger charge is 2.12. The first-order valence-electron chi connectivity index (χ1n) is 5.70. The van der Waals surface area contributed by atoms with Crippen molar-refractivity contribution in [1.82, 2.24) is 10.1 Å². The van der Waals surface area contributed by atoms with Crippen LogP contribution in [0.5, 0.6) is 0 Å². The predicted octanol–water partition coefficient (Wildman–Crippen LogP) is 1.17. The number of ether oxygens (including phenoxy) is 1. The predicted molar refractivity (Wildman–Crippen MR) is 61.0 cm³/mol. The molecule has 0 aliphatic heterocycles. The Morgan fingerprint density at radius 2 is 2.19 bits per heavy atom. The Morgan fingerprint density at radius 3 is 2.75 bits per heavy atom. The van der Waals surface area contributed by atoms with Gasteiger partial charge >= 0.3 is 0 Å². The molecule has 0 aliphatic rings. The Hall–Kier alpha value is -0.940. The molecule has 0 aromatic carbocycles. The first-order chi connectivity index (χ1) is 7.65. The summed E-state index contributed by atoms with van der Waals surface area (Å²) in [4.78, 5) is 4.30. The summed E-state index contributed by atoms with van der Waals surface area (Å²) in [5, 5.41) is 3.93. The van der Waals surface area contributed by atoms with Gasteiger partial charge in [0.15, 0.2) is 5.82 Å². The summed E-state index contributed by atoms with van der Waals surface area (Å²) in [6.45, 7) is 4.81. The molecule has 1 unspecified atom stereocenters. The molecular weight excluding hydrogens is 206 g/mol. The van der Waals surface area contributed by atoms with E-state index in [-0.39, 0.29) is 6.10 Å². The highest BCUT2D eigenvalue weighted by Crippen LogP contribution is 2.08. The van der Waals surface area contributed by atoms with E-state index in [1.165, 1.54) is 0 Å². The van der Waals surface area contributed by atoms with Gasteiger partial charge in [0.25, 0.3) is 0 Å². The van der Waals surface area contributed by atoms with E-state index in [0.29, 0.717) is 24.8 Å². The van der Waals surface area contributed by atoms with Gasteiger partial charge in [-0.05, 0) is 12.3 Å². The number of nitrogens with zero attached hydrogens (tertiary/aromatic N) is 2. The minimum atomic E-state index is -0.0431. The van der Waals surface area contributed by atoms with Gasteiger partial charge in [-0.2, -0.15) is 4.98 Å². The minimum absolute atomic E-state index is 0.0431. The summed E-state index contributed by atoms with van der Waals surface area (Å²) in [5.74, 6) is 2.03. The summed E-state index contributed by atoms with van der Waals surface area (Å²) in [7, 11) is 1.63. The normalized spacial score (nSPS) is 13.3. The summed E-state index contributed by atoms with van der Waals surface area (Å²) in [5.41, 5.74) is 5.52. The molecule has 0 amide bonds. The second-order valence-corrected chi connectivity index (χ2v) is 4.33. The smallest absolute Gasteiger partial charge is 0.229 e. The van der Waals surface area contributed by atoms with Crippen molar-refractivity contribution in [2.45, 2.75) is 39.2 Å². The molecule has 0 bridgehead atoms. The Morgan fingerprint density at radius 1 is 1.44 bits per heavy atom. The fourth-order valence-corrected chi connectivity index (χ4v) is 1.35. The van der Waals surface area contributed by atoms with Crippen LogP contribution in [0.4, 0.5) is 0 Å². The van der Waals surface area contributed by atoms with Crippen molar-refractivity contribution in [3.63, 3.8) is 0 Å². The van der Waals surface area contributed by atoms with E-state index < -0.39 is 0 Å². The van der Waals surface area contributed by atoms with Crippen molar-refractivity contribution in [2.24, 2.45) is 11.7 Å². The van der Waals surface area contributed by atoms with Gasteiger partial charge in [-0.1, -0.05) is 19.0 Å². The van der Waals surface area contributed by atoms with Gasteiger partial charge in [-0.3, -0.25) is 0 Å². The summed E-state index contributed by atoms with van der Waals surface area (Å²) in [6, 6.07) is 0. The molecule has 0 radical (unpaired) electrons. The van der Waals surface area contributed by atoms with E-state index in [0.717, 1.165) is 18.7 Å². The lowest BCUT2D eigenvalue weighted by molar-refractivity contribution is 0.102. The van der Waals surface area contributed by atoms with Gasteiger partial charge in [0.2, 0.25) is 5.89 Å². The zero-order valence-corrected chi connectivity index (χ0v) is 10.3. The lowest BCUT2D eigenvalue weighted by Gasteiger charge is -2.08. The third-order valence-electron chi connectivity index (χ3n) is 2.45. The van der Waals surface area contributed by atoms with Gasteiger partial charge in [0, 0.05) is 20.1 Å². The maximum Gasteiger partial charge on any atom is 0.229 e. The van der Waals surface area contributed by atoms with E-state index in [4.69, 9.17) is 15.0 Å². The van der Waals surface area contributed by atoms with Crippen LogP contribution >= 0.6 is 0 Å². The maximum atomic E-state index is 5.52. The second-order valence-electron chi connectivity index (χ2n) is 4.33. The van der Waals surface area contributed by atoms with E-state index in [1.54, 1.807) is 7.11 Å². The van der Waals surface area contributed by atoms with Gasteiger partial charge in [-0.15, -0.1) is 0 Å². The molecule has 0 saturated carbocycles. The minimum Gasteiger partial charge on any atom is -0.380 e. The van der Waals surface area contributed by atoms with Crippen molar-refractivity contribution in [3.05, 3.63) is 11.7 Å². The summed E-state index contributed by atoms with van der Waals surface area (Å²) in [6.07, 6.45) is 2.48. The van der Waals surface area contributed by atoms with Gasteiger partial charge in [-0.25, -0.2) is 0 Å². The fourth-order valence-electron chi connectivity index (χ4n) is 1.35. The Labute approximate surface area is 96.4 Å². The van der Waals surface area contributed by atoms with Crippen molar-refractivity contribution in [1.29, 1.82) is 0 Å². The molecular formula is C11H21N3O2. The van der Waals surface area contributed by atoms with Crippen LogP contribution in [0.3, 0.4) is 0 Å². The highest BCUT2D eigenvalue weighted by molar-refractivity contribution is 4.89. The largest absolute Gasteiger partial charge is 0.380 e. The molecule has 1 atom stereocenters. The van der Waals surface area contributed by atoms with Crippen molar-refractivity contribution in [3.8, 4) is 0 Å². The lowest BCUT2D eigenvalue weighted by Crippen LogP contribution is -2.24. The first kappa shape index (κ1) is 13.1. The topological polar surface area (TPSA) is 74.2 Å². The first-order valence-corrected chi connectivity index (χ1v) is 5.70. The van der Waals surface area contributed by atoms with Crippen LogP contribution in [-0.2, 0) is 17.6 Å². The number of aryl methyl sites for hydroxylation is 1. The van der Waals surface area contributed by atoms with Crippen molar-refractivity contribution >= 4 is 0 Å². The molecule has 1 heterocycles. The number of hydrogen-bond acceptors (Lipinski definition) is 5. The Bertz CT molecular complexity index is 295. The zero-order valence-electron chi connectivity index (χ0n) is 10.3. The molecule has 0 fully saturated rings. The van der Waals surface area contributed by atoms with Crippen LogP contribution in [-0.4, -0.2) is 29.9 Å². The van der Waals surface area contributed by atoms with Gasteiger partial charge < -0.3 is 15.0 Å². The maximum absolute atomic E-state index is 5.52. The number of rotatable bonds is 7. The van der Waals surface area contributed by atoms with Crippen molar-refractivity contribution < 1.29 is 9.26 Å². The molecule has 2 N–H and O–H groups in total. The average Bonchev–Trinajstić information content (AvgIpc) is 2.70. The van der Waals surface area contributed by atoms with E-state index in [2.05, 4.69) is 24.0 Å². The Balaban J connectivity index is 2.44. The SMILES string of the molecule is COC(CN)Cc1nc(CCC(C)C)no1. The highest BCUT2D eigenvalue weighted by atomic mass is 16.5. The molecule has 5 nitrogen and oxygen atoms in total. The molecule has 92 valence electrons. The number of hydrogen-bond donors (Lipinski definition) is 1. The van der Waals surface area contributed by atoms with E-state index >= 15 is 0 Å². The van der Waals surface area contributed by atoms with Crippen LogP contribution < -0.4 is 5.73 Å². The number of methoxy groups -OCH3 is 1. The van der Waals surface area contributed by atoms with Crippen LogP contribution in [0.15, 0.2) is 4.52 Å². The molecule has 1 rings (SSSR count). The Kier molecular flexibility index (Phi) is 5.42.